The third kappa shape index (κ3) is 2.20. The second-order valence-corrected chi connectivity index (χ2v) is 4.10. The van der Waals surface area contributed by atoms with Crippen molar-refractivity contribution in [2.75, 3.05) is 13.1 Å². The molecule has 2 heteroatoms. The molecule has 0 aromatic carbocycles. The molecule has 0 bridgehead atoms. The van der Waals surface area contributed by atoms with Gasteiger partial charge in [-0.3, -0.25) is 4.90 Å². The zero-order chi connectivity index (χ0) is 9.14. The summed E-state index contributed by atoms with van der Waals surface area (Å²) >= 11 is 0. The molecular weight excluding hydrogens is 150 g/mol. The first-order valence-electron chi connectivity index (χ1n) is 5.07. The summed E-state index contributed by atoms with van der Waals surface area (Å²) in [4.78, 5) is 2.40. The van der Waals surface area contributed by atoms with E-state index in [-0.39, 0.29) is 6.10 Å². The molecule has 0 aromatic rings. The number of hydrogen-bond acceptors (Lipinski definition) is 2. The van der Waals surface area contributed by atoms with Crippen LogP contribution >= 0.6 is 0 Å². The minimum atomic E-state index is -0.143. The molecular formula is C10H21NO. The Morgan fingerprint density at radius 1 is 1.58 bits per heavy atom. The maximum Gasteiger partial charge on any atom is 0.0690 e. The number of aliphatic hydroxyl groups is 1. The van der Waals surface area contributed by atoms with E-state index < -0.39 is 0 Å². The summed E-state index contributed by atoms with van der Waals surface area (Å²) in [7, 11) is 0. The molecule has 0 amide bonds. The van der Waals surface area contributed by atoms with Crippen molar-refractivity contribution in [2.24, 2.45) is 5.92 Å². The lowest BCUT2D eigenvalue weighted by Gasteiger charge is -2.27. The van der Waals surface area contributed by atoms with Crippen molar-refractivity contribution in [2.45, 2.75) is 45.8 Å². The minimum absolute atomic E-state index is 0.143. The van der Waals surface area contributed by atoms with Crippen molar-refractivity contribution in [3.8, 4) is 0 Å². The molecule has 3 atom stereocenters. The van der Waals surface area contributed by atoms with Crippen LogP contribution in [0.2, 0.25) is 0 Å². The zero-order valence-corrected chi connectivity index (χ0v) is 8.45. The Hall–Kier alpha value is -0.0800. The molecule has 12 heavy (non-hydrogen) atoms. The van der Waals surface area contributed by atoms with Crippen molar-refractivity contribution in [3.63, 3.8) is 0 Å². The third-order valence-electron chi connectivity index (χ3n) is 3.01. The molecule has 2 nitrogen and oxygen atoms in total. The summed E-state index contributed by atoms with van der Waals surface area (Å²) in [6, 6.07) is 0.347. The van der Waals surface area contributed by atoms with Crippen LogP contribution in [-0.2, 0) is 0 Å². The fraction of sp³-hybridized carbons (Fsp3) is 1.00. The fourth-order valence-electron chi connectivity index (χ4n) is 1.92. The van der Waals surface area contributed by atoms with Crippen molar-refractivity contribution < 1.29 is 5.11 Å². The van der Waals surface area contributed by atoms with Crippen LogP contribution in [-0.4, -0.2) is 35.2 Å². The van der Waals surface area contributed by atoms with Gasteiger partial charge < -0.3 is 5.11 Å². The van der Waals surface area contributed by atoms with Gasteiger partial charge in [-0.15, -0.1) is 0 Å². The normalized spacial score (nSPS) is 30.5. The number of rotatable bonds is 3. The molecule has 1 aliphatic rings. The van der Waals surface area contributed by atoms with Gasteiger partial charge in [0.15, 0.2) is 0 Å². The summed E-state index contributed by atoms with van der Waals surface area (Å²) in [5.41, 5.74) is 0. The summed E-state index contributed by atoms with van der Waals surface area (Å²) in [5.74, 6) is 0.816. The van der Waals surface area contributed by atoms with Crippen molar-refractivity contribution in [1.82, 2.24) is 4.90 Å². The predicted molar refractivity (Wildman–Crippen MR) is 51.1 cm³/mol. The number of likely N-dealkylation sites (tertiary alicyclic amines) is 1. The van der Waals surface area contributed by atoms with Gasteiger partial charge in [-0.2, -0.15) is 0 Å². The molecule has 1 N–H and O–H groups in total. The van der Waals surface area contributed by atoms with Gasteiger partial charge in [0.05, 0.1) is 6.10 Å². The number of aliphatic hydroxyl groups excluding tert-OH is 1. The Labute approximate surface area is 75.6 Å². The second-order valence-electron chi connectivity index (χ2n) is 4.10. The Kier molecular flexibility index (Phi) is 3.53. The summed E-state index contributed by atoms with van der Waals surface area (Å²) in [6.07, 6.45) is 2.02. The van der Waals surface area contributed by atoms with Crippen molar-refractivity contribution in [1.29, 1.82) is 0 Å². The van der Waals surface area contributed by atoms with E-state index in [4.69, 9.17) is 0 Å². The maximum atomic E-state index is 9.63. The first-order valence-corrected chi connectivity index (χ1v) is 5.07. The Bertz CT molecular complexity index is 138. The van der Waals surface area contributed by atoms with Gasteiger partial charge in [-0.25, -0.2) is 0 Å². The van der Waals surface area contributed by atoms with Crippen molar-refractivity contribution in [3.05, 3.63) is 0 Å². The van der Waals surface area contributed by atoms with Crippen LogP contribution in [0.4, 0.5) is 0 Å². The summed E-state index contributed by atoms with van der Waals surface area (Å²) in [6.45, 7) is 8.79. The second kappa shape index (κ2) is 4.24. The molecule has 1 rings (SSSR count). The van der Waals surface area contributed by atoms with Crippen LogP contribution in [0.1, 0.15) is 33.6 Å². The van der Waals surface area contributed by atoms with Gasteiger partial charge in [0.2, 0.25) is 0 Å². The quantitative estimate of drug-likeness (QED) is 0.695. The van der Waals surface area contributed by atoms with Crippen LogP contribution in [0.3, 0.4) is 0 Å². The van der Waals surface area contributed by atoms with E-state index in [1.165, 1.54) is 13.0 Å². The highest BCUT2D eigenvalue weighted by atomic mass is 16.3. The zero-order valence-electron chi connectivity index (χ0n) is 8.45. The molecule has 72 valence electrons. The van der Waals surface area contributed by atoms with E-state index >= 15 is 0 Å². The number of nitrogens with zero attached hydrogens (tertiary/aromatic N) is 1. The smallest absolute Gasteiger partial charge is 0.0690 e. The average molecular weight is 171 g/mol. The molecule has 0 radical (unpaired) electrons. The Morgan fingerprint density at radius 3 is 2.67 bits per heavy atom. The van der Waals surface area contributed by atoms with Crippen LogP contribution < -0.4 is 0 Å². The first-order chi connectivity index (χ1) is 5.65. The summed E-state index contributed by atoms with van der Waals surface area (Å²) in [5, 5.41) is 9.63. The van der Waals surface area contributed by atoms with Crippen LogP contribution in [0.15, 0.2) is 0 Å². The van der Waals surface area contributed by atoms with Crippen molar-refractivity contribution >= 4 is 0 Å². The van der Waals surface area contributed by atoms with E-state index in [1.807, 2.05) is 6.92 Å². The first kappa shape index (κ1) is 10.0. The largest absolute Gasteiger partial charge is 0.392 e. The lowest BCUT2D eigenvalue weighted by atomic mass is 10.1. The molecule has 1 aliphatic heterocycles. The van der Waals surface area contributed by atoms with Gasteiger partial charge in [-0.05, 0) is 32.2 Å². The highest BCUT2D eigenvalue weighted by molar-refractivity contribution is 4.80. The van der Waals surface area contributed by atoms with Gasteiger partial charge in [0.1, 0.15) is 0 Å². The molecule has 1 saturated heterocycles. The van der Waals surface area contributed by atoms with Gasteiger partial charge in [0, 0.05) is 12.6 Å². The highest BCUT2D eigenvalue weighted by Gasteiger charge is 2.26. The molecule has 0 spiro atoms. The Morgan fingerprint density at radius 2 is 2.25 bits per heavy atom. The third-order valence-corrected chi connectivity index (χ3v) is 3.01. The molecule has 0 aliphatic carbocycles. The van der Waals surface area contributed by atoms with Crippen LogP contribution in [0, 0.1) is 5.92 Å². The monoisotopic (exact) mass is 171 g/mol. The lowest BCUT2D eigenvalue weighted by molar-refractivity contribution is 0.0675. The molecule has 0 aromatic heterocycles. The lowest BCUT2D eigenvalue weighted by Crippen LogP contribution is -2.39. The standard InChI is InChI=1S/C10H21NO/c1-4-10(12)9(3)11-6-5-8(2)7-11/h8-10,12H,4-7H2,1-3H3. The van der Waals surface area contributed by atoms with E-state index in [2.05, 4.69) is 18.7 Å². The van der Waals surface area contributed by atoms with Crippen LogP contribution in [0.25, 0.3) is 0 Å². The van der Waals surface area contributed by atoms with E-state index in [9.17, 15) is 5.11 Å². The molecule has 3 unspecified atom stereocenters. The van der Waals surface area contributed by atoms with E-state index in [1.54, 1.807) is 0 Å². The van der Waals surface area contributed by atoms with Gasteiger partial charge in [-0.1, -0.05) is 13.8 Å². The molecule has 1 heterocycles. The molecule has 1 fully saturated rings. The fourth-order valence-corrected chi connectivity index (χ4v) is 1.92. The SMILES string of the molecule is CCC(O)C(C)N1CCC(C)C1. The van der Waals surface area contributed by atoms with E-state index in [0.717, 1.165) is 18.9 Å². The minimum Gasteiger partial charge on any atom is -0.392 e. The summed E-state index contributed by atoms with van der Waals surface area (Å²) < 4.78 is 0. The predicted octanol–water partition coefficient (Wildman–Crippen LogP) is 1.49. The average Bonchev–Trinajstić information content (AvgIpc) is 2.49. The highest BCUT2D eigenvalue weighted by Crippen LogP contribution is 2.19. The van der Waals surface area contributed by atoms with Gasteiger partial charge in [0.25, 0.3) is 0 Å². The van der Waals surface area contributed by atoms with E-state index in [0.29, 0.717) is 6.04 Å². The Balaban J connectivity index is 2.37. The maximum absolute atomic E-state index is 9.63. The van der Waals surface area contributed by atoms with Gasteiger partial charge >= 0.3 is 0 Å². The number of hydrogen-bond donors (Lipinski definition) is 1. The van der Waals surface area contributed by atoms with Crippen LogP contribution in [0.5, 0.6) is 0 Å². The molecule has 0 saturated carbocycles. The topological polar surface area (TPSA) is 23.5 Å².